The van der Waals surface area contributed by atoms with E-state index in [9.17, 15) is 19.7 Å². The molecule has 3 fully saturated rings. The Bertz CT molecular complexity index is 1020. The Labute approximate surface area is 167 Å². The third-order valence-electron chi connectivity index (χ3n) is 6.12. The predicted octanol–water partition coefficient (Wildman–Crippen LogP) is 2.44. The number of aryl methyl sites for hydroxylation is 1. The molecule has 3 heterocycles. The van der Waals surface area contributed by atoms with Gasteiger partial charge in [0.05, 0.1) is 22.6 Å². The van der Waals surface area contributed by atoms with E-state index in [1.165, 1.54) is 18.2 Å². The first-order chi connectivity index (χ1) is 14.0. The lowest BCUT2D eigenvalue weighted by atomic mass is 9.89. The summed E-state index contributed by atoms with van der Waals surface area (Å²) in [6, 6.07) is 13.0. The van der Waals surface area contributed by atoms with E-state index >= 15 is 0 Å². The van der Waals surface area contributed by atoms with Crippen molar-refractivity contribution in [2.24, 2.45) is 5.92 Å². The fraction of sp³-hybridized carbons (Fsp3) is 0.333. The molecule has 3 saturated heterocycles. The van der Waals surface area contributed by atoms with Gasteiger partial charge in [-0.3, -0.25) is 19.7 Å². The zero-order valence-electron chi connectivity index (χ0n) is 15.9. The lowest BCUT2D eigenvalue weighted by molar-refractivity contribution is -0.384. The van der Waals surface area contributed by atoms with Crippen molar-refractivity contribution < 1.29 is 14.5 Å². The number of carbonyl (C=O) groups excluding carboxylic acids is 2. The maximum atomic E-state index is 13.4. The molecule has 3 atom stereocenters. The van der Waals surface area contributed by atoms with Gasteiger partial charge in [0.15, 0.2) is 0 Å². The van der Waals surface area contributed by atoms with Gasteiger partial charge in [-0.1, -0.05) is 35.9 Å². The largest absolute Gasteiger partial charge is 0.274 e. The third kappa shape index (κ3) is 2.60. The molecule has 2 aromatic carbocycles. The molecule has 2 aromatic rings. The van der Waals surface area contributed by atoms with E-state index in [1.807, 2.05) is 36.2 Å². The van der Waals surface area contributed by atoms with Gasteiger partial charge < -0.3 is 0 Å². The van der Waals surface area contributed by atoms with Crippen LogP contribution in [0.15, 0.2) is 48.5 Å². The van der Waals surface area contributed by atoms with Crippen molar-refractivity contribution >= 4 is 23.2 Å². The van der Waals surface area contributed by atoms with E-state index in [0.717, 1.165) is 35.5 Å². The Morgan fingerprint density at radius 1 is 0.966 bits per heavy atom. The van der Waals surface area contributed by atoms with Crippen molar-refractivity contribution in [1.29, 1.82) is 0 Å². The molecule has 0 unspecified atom stereocenters. The fourth-order valence-corrected chi connectivity index (χ4v) is 4.88. The molecule has 0 aromatic heterocycles. The average Bonchev–Trinajstić information content (AvgIpc) is 3.35. The summed E-state index contributed by atoms with van der Waals surface area (Å²) in [4.78, 5) is 38.5. The number of anilines is 1. The molecular formula is C21H20N4O4. The summed E-state index contributed by atoms with van der Waals surface area (Å²) in [7, 11) is 0. The molecule has 0 radical (unpaired) electrons. The zero-order chi connectivity index (χ0) is 20.3. The van der Waals surface area contributed by atoms with Crippen molar-refractivity contribution in [3.63, 3.8) is 0 Å². The lowest BCUT2D eigenvalue weighted by Crippen LogP contribution is -2.44. The molecule has 0 saturated carbocycles. The van der Waals surface area contributed by atoms with Crippen LogP contribution in [-0.2, 0) is 9.59 Å². The second-order valence-electron chi connectivity index (χ2n) is 7.79. The molecular weight excluding hydrogens is 372 g/mol. The number of hydrogen-bond donors (Lipinski definition) is 0. The molecule has 0 spiro atoms. The third-order valence-corrected chi connectivity index (χ3v) is 6.12. The first-order valence-electron chi connectivity index (χ1n) is 9.69. The van der Waals surface area contributed by atoms with Gasteiger partial charge in [-0.25, -0.2) is 14.9 Å². The van der Waals surface area contributed by atoms with Crippen molar-refractivity contribution in [3.8, 4) is 0 Å². The number of nitro groups is 1. The molecule has 2 amide bonds. The van der Waals surface area contributed by atoms with Crippen molar-refractivity contribution in [2.45, 2.75) is 25.4 Å². The topological polar surface area (TPSA) is 87.0 Å². The molecule has 148 valence electrons. The van der Waals surface area contributed by atoms with Crippen molar-refractivity contribution in [3.05, 3.63) is 69.8 Å². The zero-order valence-corrected chi connectivity index (χ0v) is 15.9. The predicted molar refractivity (Wildman–Crippen MR) is 105 cm³/mol. The average molecular weight is 392 g/mol. The molecule has 0 aliphatic carbocycles. The van der Waals surface area contributed by atoms with Gasteiger partial charge in [-0.15, -0.1) is 0 Å². The van der Waals surface area contributed by atoms with E-state index < -0.39 is 16.9 Å². The van der Waals surface area contributed by atoms with Crippen molar-refractivity contribution in [2.75, 3.05) is 18.0 Å². The molecule has 29 heavy (non-hydrogen) atoms. The van der Waals surface area contributed by atoms with Gasteiger partial charge >= 0.3 is 0 Å². The Kier molecular flexibility index (Phi) is 4.01. The first kappa shape index (κ1) is 18.0. The van der Waals surface area contributed by atoms with E-state index in [4.69, 9.17) is 0 Å². The minimum atomic E-state index is -0.560. The number of nitrogens with zero attached hydrogens (tertiary/aromatic N) is 4. The second kappa shape index (κ2) is 6.47. The number of imide groups is 1. The van der Waals surface area contributed by atoms with Crippen LogP contribution >= 0.6 is 0 Å². The number of amides is 2. The van der Waals surface area contributed by atoms with Gasteiger partial charge in [-0.05, 0) is 25.0 Å². The molecule has 8 heteroatoms. The van der Waals surface area contributed by atoms with Crippen LogP contribution in [0.2, 0.25) is 0 Å². The Morgan fingerprint density at radius 3 is 2.34 bits per heavy atom. The van der Waals surface area contributed by atoms with Crippen LogP contribution in [0.1, 0.15) is 23.6 Å². The van der Waals surface area contributed by atoms with E-state index in [0.29, 0.717) is 0 Å². The highest BCUT2D eigenvalue weighted by atomic mass is 16.6. The number of hydrogen-bond acceptors (Lipinski definition) is 6. The van der Waals surface area contributed by atoms with Gasteiger partial charge in [-0.2, -0.15) is 0 Å². The molecule has 3 aliphatic rings. The normalized spacial score (nSPS) is 26.8. The summed E-state index contributed by atoms with van der Waals surface area (Å²) in [6.45, 7) is 3.55. The standard InChI is InChI=1S/C21H20N4O4/c1-13-6-8-14(9-7-13)18-17-19(23-11-3-10-22(18)23)21(27)24(20(17)26)15-4-2-5-16(12-15)25(28)29/h2,4-9,12,17-19H,3,10-11H2,1H3/t17-,18+,19+/m0/s1. The van der Waals surface area contributed by atoms with Crippen LogP contribution in [0, 0.1) is 23.0 Å². The van der Waals surface area contributed by atoms with Gasteiger partial charge in [0, 0.05) is 25.2 Å². The second-order valence-corrected chi connectivity index (χ2v) is 7.79. The summed E-state index contributed by atoms with van der Waals surface area (Å²) >= 11 is 0. The lowest BCUT2D eigenvalue weighted by Gasteiger charge is -2.29. The molecule has 5 rings (SSSR count). The summed E-state index contributed by atoms with van der Waals surface area (Å²) in [5.41, 5.74) is 2.26. The van der Waals surface area contributed by atoms with Crippen LogP contribution in [0.25, 0.3) is 0 Å². The Hall–Kier alpha value is -3.10. The SMILES string of the molecule is Cc1ccc([C@@H]2[C@@H]3C(=O)N(c4cccc([N+](=O)[O-])c4)C(=O)[C@@H]3N3CCCN23)cc1. The van der Waals surface area contributed by atoms with Gasteiger partial charge in [0.2, 0.25) is 5.91 Å². The highest BCUT2D eigenvalue weighted by Gasteiger charge is 2.62. The molecule has 0 bridgehead atoms. The molecule has 3 aliphatic heterocycles. The minimum Gasteiger partial charge on any atom is -0.274 e. The number of carbonyl (C=O) groups is 2. The van der Waals surface area contributed by atoms with E-state index in [-0.39, 0.29) is 29.2 Å². The van der Waals surface area contributed by atoms with Crippen LogP contribution in [-0.4, -0.2) is 45.9 Å². The van der Waals surface area contributed by atoms with Crippen molar-refractivity contribution in [1.82, 2.24) is 10.0 Å². The Balaban J connectivity index is 1.57. The number of benzene rings is 2. The van der Waals surface area contributed by atoms with Crippen LogP contribution < -0.4 is 4.90 Å². The molecule has 8 nitrogen and oxygen atoms in total. The van der Waals surface area contributed by atoms with E-state index in [2.05, 4.69) is 5.01 Å². The highest BCUT2D eigenvalue weighted by molar-refractivity contribution is 6.24. The fourth-order valence-electron chi connectivity index (χ4n) is 4.88. The van der Waals surface area contributed by atoms with Crippen LogP contribution in [0.5, 0.6) is 0 Å². The van der Waals surface area contributed by atoms with Crippen LogP contribution in [0.3, 0.4) is 0 Å². The highest BCUT2D eigenvalue weighted by Crippen LogP contribution is 2.49. The number of hydrazine groups is 1. The van der Waals surface area contributed by atoms with Gasteiger partial charge in [0.25, 0.3) is 11.6 Å². The summed E-state index contributed by atoms with van der Waals surface area (Å²) in [6.07, 6.45) is 0.934. The first-order valence-corrected chi connectivity index (χ1v) is 9.69. The Morgan fingerprint density at radius 2 is 1.66 bits per heavy atom. The quantitative estimate of drug-likeness (QED) is 0.453. The number of nitro benzene ring substituents is 1. The van der Waals surface area contributed by atoms with Gasteiger partial charge in [0.1, 0.15) is 6.04 Å². The molecule has 0 N–H and O–H groups in total. The minimum absolute atomic E-state index is 0.141. The maximum absolute atomic E-state index is 13.4. The smallest absolute Gasteiger partial charge is 0.271 e. The summed E-state index contributed by atoms with van der Waals surface area (Å²) < 4.78 is 0. The van der Waals surface area contributed by atoms with E-state index in [1.54, 1.807) is 6.07 Å². The summed E-state index contributed by atoms with van der Waals surface area (Å²) in [5, 5.41) is 15.3. The monoisotopic (exact) mass is 392 g/mol. The number of non-ortho nitro benzene ring substituents is 1. The number of fused-ring (bicyclic) bond motifs is 3. The van der Waals surface area contributed by atoms with Crippen LogP contribution in [0.4, 0.5) is 11.4 Å². The summed E-state index contributed by atoms with van der Waals surface area (Å²) in [5.74, 6) is -1.12. The maximum Gasteiger partial charge on any atom is 0.271 e. The number of rotatable bonds is 3.